The van der Waals surface area contributed by atoms with Gasteiger partial charge in [0, 0.05) is 25.5 Å². The van der Waals surface area contributed by atoms with E-state index < -0.39 is 11.9 Å². The molecule has 0 saturated carbocycles. The molecular weight excluding hydrogens is 335 g/mol. The Labute approximate surface area is 140 Å². The van der Waals surface area contributed by atoms with E-state index in [0.29, 0.717) is 13.1 Å². The second kappa shape index (κ2) is 5.61. The number of nitrogens with zero attached hydrogens (tertiary/aromatic N) is 5. The van der Waals surface area contributed by atoms with E-state index in [2.05, 4.69) is 15.0 Å². The number of imidazole rings is 1. The topological polar surface area (TPSA) is 56.1 Å². The smallest absolute Gasteiger partial charge is 0.433 e. The standard InChI is InChI=1S/C16H14F3N5O/c1-23-14-12(3-2-5-21-14)22-15(23)24-8-11(9-24)25-10-4-6-20-13(7-10)16(17,18)19/h2-7,11H,8-9H2,1H3. The highest BCUT2D eigenvalue weighted by Gasteiger charge is 2.34. The molecule has 3 aromatic heterocycles. The molecule has 1 saturated heterocycles. The van der Waals surface area contributed by atoms with E-state index >= 15 is 0 Å². The largest absolute Gasteiger partial charge is 0.487 e. The maximum Gasteiger partial charge on any atom is 0.433 e. The van der Waals surface area contributed by atoms with Crippen LogP contribution >= 0.6 is 0 Å². The summed E-state index contributed by atoms with van der Waals surface area (Å²) in [6.45, 7) is 1.08. The lowest BCUT2D eigenvalue weighted by molar-refractivity contribution is -0.141. The van der Waals surface area contributed by atoms with Crippen molar-refractivity contribution in [3.8, 4) is 5.75 Å². The second-order valence-electron chi connectivity index (χ2n) is 5.84. The molecule has 0 N–H and O–H groups in total. The number of anilines is 1. The van der Waals surface area contributed by atoms with E-state index in [1.54, 1.807) is 6.20 Å². The van der Waals surface area contributed by atoms with Gasteiger partial charge in [-0.15, -0.1) is 0 Å². The third kappa shape index (κ3) is 2.86. The molecule has 9 heteroatoms. The zero-order valence-corrected chi connectivity index (χ0v) is 13.2. The van der Waals surface area contributed by atoms with Crippen LogP contribution in [0.5, 0.6) is 5.75 Å². The molecule has 0 aliphatic carbocycles. The van der Waals surface area contributed by atoms with Crippen molar-refractivity contribution in [3.05, 3.63) is 42.4 Å². The maximum absolute atomic E-state index is 12.7. The number of aryl methyl sites for hydroxylation is 1. The Morgan fingerprint density at radius 2 is 1.96 bits per heavy atom. The van der Waals surface area contributed by atoms with E-state index in [0.717, 1.165) is 29.4 Å². The quantitative estimate of drug-likeness (QED) is 0.728. The number of hydrogen-bond donors (Lipinski definition) is 0. The molecule has 4 heterocycles. The fraction of sp³-hybridized carbons (Fsp3) is 0.312. The minimum absolute atomic E-state index is 0.165. The van der Waals surface area contributed by atoms with Crippen molar-refractivity contribution in [3.63, 3.8) is 0 Å². The van der Waals surface area contributed by atoms with Crippen LogP contribution in [0.25, 0.3) is 11.2 Å². The summed E-state index contributed by atoms with van der Waals surface area (Å²) >= 11 is 0. The van der Waals surface area contributed by atoms with Crippen molar-refractivity contribution in [1.29, 1.82) is 0 Å². The molecule has 1 aliphatic heterocycles. The predicted molar refractivity (Wildman–Crippen MR) is 84.4 cm³/mol. The Balaban J connectivity index is 1.45. The second-order valence-corrected chi connectivity index (χ2v) is 5.84. The van der Waals surface area contributed by atoms with E-state index in [4.69, 9.17) is 4.74 Å². The number of fused-ring (bicyclic) bond motifs is 1. The summed E-state index contributed by atoms with van der Waals surface area (Å²) in [5.74, 6) is 0.929. The Morgan fingerprint density at radius 1 is 1.16 bits per heavy atom. The van der Waals surface area contributed by atoms with Gasteiger partial charge in [0.15, 0.2) is 5.65 Å². The van der Waals surface area contributed by atoms with Gasteiger partial charge in [0.1, 0.15) is 23.1 Å². The van der Waals surface area contributed by atoms with Gasteiger partial charge in [0.05, 0.1) is 13.1 Å². The molecule has 0 radical (unpaired) electrons. The summed E-state index contributed by atoms with van der Waals surface area (Å²) < 4.78 is 45.6. The normalized spacial score (nSPS) is 15.4. The molecule has 130 valence electrons. The first kappa shape index (κ1) is 15.7. The lowest BCUT2D eigenvalue weighted by Gasteiger charge is -2.39. The molecule has 1 fully saturated rings. The highest BCUT2D eigenvalue weighted by atomic mass is 19.4. The monoisotopic (exact) mass is 349 g/mol. The molecule has 3 aromatic rings. The van der Waals surface area contributed by atoms with Crippen LogP contribution in [0.4, 0.5) is 19.1 Å². The zero-order chi connectivity index (χ0) is 17.6. The van der Waals surface area contributed by atoms with Crippen molar-refractivity contribution in [2.24, 2.45) is 7.05 Å². The summed E-state index contributed by atoms with van der Waals surface area (Å²) in [5, 5.41) is 0. The number of hydrogen-bond acceptors (Lipinski definition) is 5. The number of alkyl halides is 3. The third-order valence-electron chi connectivity index (χ3n) is 4.06. The van der Waals surface area contributed by atoms with Crippen LogP contribution in [0.15, 0.2) is 36.7 Å². The van der Waals surface area contributed by atoms with Crippen LogP contribution in [0.3, 0.4) is 0 Å². The average molecular weight is 349 g/mol. The fourth-order valence-corrected chi connectivity index (χ4v) is 2.80. The maximum atomic E-state index is 12.7. The van der Waals surface area contributed by atoms with Gasteiger partial charge in [0.2, 0.25) is 5.95 Å². The average Bonchev–Trinajstić information content (AvgIpc) is 2.87. The van der Waals surface area contributed by atoms with E-state index in [9.17, 15) is 13.2 Å². The van der Waals surface area contributed by atoms with Gasteiger partial charge in [0.25, 0.3) is 0 Å². The third-order valence-corrected chi connectivity index (χ3v) is 4.06. The number of pyridine rings is 2. The molecule has 0 spiro atoms. The number of ether oxygens (including phenoxy) is 1. The van der Waals surface area contributed by atoms with Gasteiger partial charge in [-0.1, -0.05) is 0 Å². The molecule has 25 heavy (non-hydrogen) atoms. The minimum atomic E-state index is -4.48. The Bertz CT molecular complexity index is 918. The molecule has 0 atom stereocenters. The van der Waals surface area contributed by atoms with E-state index in [-0.39, 0.29) is 11.9 Å². The van der Waals surface area contributed by atoms with Crippen LogP contribution < -0.4 is 9.64 Å². The van der Waals surface area contributed by atoms with Crippen LogP contribution in [0.1, 0.15) is 5.69 Å². The van der Waals surface area contributed by atoms with Crippen LogP contribution in [-0.4, -0.2) is 38.7 Å². The Kier molecular flexibility index (Phi) is 3.52. The summed E-state index contributed by atoms with van der Waals surface area (Å²) in [5.41, 5.74) is 0.627. The molecule has 6 nitrogen and oxygen atoms in total. The summed E-state index contributed by atoms with van der Waals surface area (Å²) in [6, 6.07) is 6.05. The van der Waals surface area contributed by atoms with Crippen LogP contribution in [-0.2, 0) is 13.2 Å². The van der Waals surface area contributed by atoms with Gasteiger partial charge in [-0.2, -0.15) is 13.2 Å². The van der Waals surface area contributed by atoms with Crippen molar-refractivity contribution in [2.45, 2.75) is 12.3 Å². The SMILES string of the molecule is Cn1c(N2CC(Oc3ccnc(C(F)(F)F)c3)C2)nc2cccnc21. The van der Waals surface area contributed by atoms with Crippen molar-refractivity contribution < 1.29 is 17.9 Å². The van der Waals surface area contributed by atoms with E-state index in [1.807, 2.05) is 28.6 Å². The molecule has 0 bridgehead atoms. The Morgan fingerprint density at radius 3 is 2.68 bits per heavy atom. The van der Waals surface area contributed by atoms with Crippen molar-refractivity contribution in [2.75, 3.05) is 18.0 Å². The predicted octanol–water partition coefficient (Wildman–Crippen LogP) is 2.65. The molecule has 1 aliphatic rings. The van der Waals surface area contributed by atoms with Crippen LogP contribution in [0.2, 0.25) is 0 Å². The van der Waals surface area contributed by atoms with Gasteiger partial charge >= 0.3 is 6.18 Å². The van der Waals surface area contributed by atoms with Gasteiger partial charge in [-0.25, -0.2) is 9.97 Å². The highest BCUT2D eigenvalue weighted by Crippen LogP contribution is 2.31. The number of rotatable bonds is 3. The molecule has 0 unspecified atom stereocenters. The van der Waals surface area contributed by atoms with Gasteiger partial charge in [-0.3, -0.25) is 9.55 Å². The minimum Gasteiger partial charge on any atom is -0.487 e. The first-order valence-electron chi connectivity index (χ1n) is 7.64. The highest BCUT2D eigenvalue weighted by molar-refractivity contribution is 5.74. The lowest BCUT2D eigenvalue weighted by Crippen LogP contribution is -2.54. The fourth-order valence-electron chi connectivity index (χ4n) is 2.80. The van der Waals surface area contributed by atoms with Gasteiger partial charge in [-0.05, 0) is 18.2 Å². The van der Waals surface area contributed by atoms with Crippen LogP contribution in [0, 0.1) is 0 Å². The first-order valence-corrected chi connectivity index (χ1v) is 7.64. The molecule has 0 aromatic carbocycles. The zero-order valence-electron chi connectivity index (χ0n) is 13.2. The first-order chi connectivity index (χ1) is 11.9. The van der Waals surface area contributed by atoms with Crippen molar-refractivity contribution in [1.82, 2.24) is 19.5 Å². The molecule has 0 amide bonds. The van der Waals surface area contributed by atoms with Gasteiger partial charge < -0.3 is 9.64 Å². The van der Waals surface area contributed by atoms with E-state index in [1.165, 1.54) is 6.07 Å². The number of halogens is 3. The summed E-state index contributed by atoms with van der Waals surface area (Å²) in [6.07, 6.45) is -1.87. The molecular formula is C16H14F3N5O. The molecule has 4 rings (SSSR count). The lowest BCUT2D eigenvalue weighted by atomic mass is 10.2. The number of aromatic nitrogens is 4. The Hall–Kier alpha value is -2.84. The van der Waals surface area contributed by atoms with Crippen molar-refractivity contribution >= 4 is 17.1 Å². The summed E-state index contributed by atoms with van der Waals surface area (Å²) in [4.78, 5) is 14.1. The summed E-state index contributed by atoms with van der Waals surface area (Å²) in [7, 11) is 1.88.